The molecule has 0 heterocycles. The normalized spacial score (nSPS) is 10.5. The molecule has 0 saturated carbocycles. The second kappa shape index (κ2) is 11.6. The first-order valence-corrected chi connectivity index (χ1v) is 9.02. The van der Waals surface area contributed by atoms with E-state index in [2.05, 4.69) is 31.4 Å². The van der Waals surface area contributed by atoms with Crippen molar-refractivity contribution in [3.05, 3.63) is 29.8 Å². The van der Waals surface area contributed by atoms with Crippen molar-refractivity contribution in [2.75, 3.05) is 31.5 Å². The predicted molar refractivity (Wildman–Crippen MR) is 99.3 cm³/mol. The Bertz CT molecular complexity index is 494. The van der Waals surface area contributed by atoms with Gasteiger partial charge in [0, 0.05) is 24.3 Å². The van der Waals surface area contributed by atoms with Crippen LogP contribution >= 0.6 is 0 Å². The number of unbranched alkanes of at least 4 members (excludes halogenated alkanes) is 1. The number of rotatable bonds is 11. The molecule has 0 fully saturated rings. The summed E-state index contributed by atoms with van der Waals surface area (Å²) in [5, 5.41) is 5.94. The van der Waals surface area contributed by atoms with E-state index >= 15 is 0 Å². The number of nitrogens with one attached hydrogen (secondary N) is 2. The van der Waals surface area contributed by atoms with Gasteiger partial charge >= 0.3 is 0 Å². The lowest BCUT2D eigenvalue weighted by molar-refractivity contribution is -0.115. The molecule has 0 spiro atoms. The van der Waals surface area contributed by atoms with Gasteiger partial charge in [0.25, 0.3) is 5.91 Å². The zero-order valence-electron chi connectivity index (χ0n) is 15.2. The molecular formula is C19H31N3O2. The Morgan fingerprint density at radius 3 is 2.12 bits per heavy atom. The van der Waals surface area contributed by atoms with Crippen LogP contribution in [0.5, 0.6) is 0 Å². The number of carbonyl (C=O) groups is 2. The van der Waals surface area contributed by atoms with Gasteiger partial charge in [0.2, 0.25) is 5.91 Å². The van der Waals surface area contributed by atoms with Crippen LogP contribution in [0.2, 0.25) is 0 Å². The monoisotopic (exact) mass is 333 g/mol. The molecule has 134 valence electrons. The highest BCUT2D eigenvalue weighted by molar-refractivity contribution is 5.96. The molecule has 0 aromatic heterocycles. The highest BCUT2D eigenvalue weighted by Crippen LogP contribution is 2.12. The van der Waals surface area contributed by atoms with Crippen molar-refractivity contribution in [3.63, 3.8) is 0 Å². The van der Waals surface area contributed by atoms with Crippen LogP contribution < -0.4 is 10.6 Å². The number of nitrogens with zero attached hydrogens (tertiary/aromatic N) is 1. The number of amides is 2. The molecule has 0 saturated heterocycles. The fourth-order valence-electron chi connectivity index (χ4n) is 2.44. The minimum absolute atomic E-state index is 0.0535. The van der Waals surface area contributed by atoms with Crippen LogP contribution in [0.25, 0.3) is 0 Å². The van der Waals surface area contributed by atoms with Crippen LogP contribution in [-0.4, -0.2) is 42.9 Å². The molecule has 0 aliphatic heterocycles. The van der Waals surface area contributed by atoms with Crippen LogP contribution in [0.15, 0.2) is 24.3 Å². The van der Waals surface area contributed by atoms with Gasteiger partial charge in [-0.25, -0.2) is 0 Å². The van der Waals surface area contributed by atoms with E-state index in [-0.39, 0.29) is 11.8 Å². The highest BCUT2D eigenvalue weighted by atomic mass is 16.2. The lowest BCUT2D eigenvalue weighted by Crippen LogP contribution is -2.32. The topological polar surface area (TPSA) is 61.4 Å². The lowest BCUT2D eigenvalue weighted by atomic mass is 10.1. The molecule has 2 N–H and O–H groups in total. The standard InChI is InChI=1S/C19H31N3O2/c1-4-7-12-20-15-18(23)21-17-10-8-16(9-11-17)19(24)22(13-5-2)14-6-3/h8-11,20H,4-7,12-15H2,1-3H3,(H,21,23). The summed E-state index contributed by atoms with van der Waals surface area (Å²) in [6.45, 7) is 8.96. The van der Waals surface area contributed by atoms with Crippen molar-refractivity contribution in [2.45, 2.75) is 46.5 Å². The number of hydrogen-bond acceptors (Lipinski definition) is 3. The second-order valence-corrected chi connectivity index (χ2v) is 5.95. The molecule has 1 rings (SSSR count). The maximum atomic E-state index is 12.5. The number of anilines is 1. The average Bonchev–Trinajstić information content (AvgIpc) is 2.58. The van der Waals surface area contributed by atoms with E-state index in [1.165, 1.54) is 0 Å². The minimum Gasteiger partial charge on any atom is -0.339 e. The van der Waals surface area contributed by atoms with Gasteiger partial charge < -0.3 is 15.5 Å². The van der Waals surface area contributed by atoms with E-state index in [0.29, 0.717) is 17.8 Å². The highest BCUT2D eigenvalue weighted by Gasteiger charge is 2.14. The molecular weight excluding hydrogens is 302 g/mol. The van der Waals surface area contributed by atoms with Gasteiger partial charge in [-0.15, -0.1) is 0 Å². The van der Waals surface area contributed by atoms with E-state index < -0.39 is 0 Å². The van der Waals surface area contributed by atoms with Crippen molar-refractivity contribution >= 4 is 17.5 Å². The fraction of sp³-hybridized carbons (Fsp3) is 0.579. The fourth-order valence-corrected chi connectivity index (χ4v) is 2.44. The quantitative estimate of drug-likeness (QED) is 0.611. The molecule has 0 aliphatic rings. The summed E-state index contributed by atoms with van der Waals surface area (Å²) < 4.78 is 0. The van der Waals surface area contributed by atoms with Crippen molar-refractivity contribution in [3.8, 4) is 0 Å². The van der Waals surface area contributed by atoms with Gasteiger partial charge in [-0.2, -0.15) is 0 Å². The Morgan fingerprint density at radius 2 is 1.58 bits per heavy atom. The molecule has 0 bridgehead atoms. The first-order valence-electron chi connectivity index (χ1n) is 9.02. The third kappa shape index (κ3) is 7.13. The van der Waals surface area contributed by atoms with Crippen molar-refractivity contribution < 1.29 is 9.59 Å². The summed E-state index contributed by atoms with van der Waals surface area (Å²) in [6.07, 6.45) is 4.07. The van der Waals surface area contributed by atoms with Gasteiger partial charge in [0.1, 0.15) is 0 Å². The number of carbonyl (C=O) groups excluding carboxylic acids is 2. The Labute approximate surface area is 145 Å². The SMILES string of the molecule is CCCCNCC(=O)Nc1ccc(C(=O)N(CCC)CCC)cc1. The molecule has 0 atom stereocenters. The minimum atomic E-state index is -0.0660. The van der Waals surface area contributed by atoms with E-state index in [1.807, 2.05) is 4.90 Å². The average molecular weight is 333 g/mol. The molecule has 0 radical (unpaired) electrons. The summed E-state index contributed by atoms with van der Waals surface area (Å²) in [5.74, 6) is -0.0124. The van der Waals surface area contributed by atoms with E-state index in [1.54, 1.807) is 24.3 Å². The molecule has 0 aliphatic carbocycles. The maximum Gasteiger partial charge on any atom is 0.253 e. The summed E-state index contributed by atoms with van der Waals surface area (Å²) in [7, 11) is 0. The van der Waals surface area contributed by atoms with Crippen LogP contribution in [0.4, 0.5) is 5.69 Å². The summed E-state index contributed by atoms with van der Waals surface area (Å²) in [5.41, 5.74) is 1.38. The molecule has 5 nitrogen and oxygen atoms in total. The summed E-state index contributed by atoms with van der Waals surface area (Å²) in [4.78, 5) is 26.2. The molecule has 1 aromatic carbocycles. The zero-order valence-corrected chi connectivity index (χ0v) is 15.2. The first-order chi connectivity index (χ1) is 11.6. The van der Waals surface area contributed by atoms with E-state index in [9.17, 15) is 9.59 Å². The largest absolute Gasteiger partial charge is 0.339 e. The third-order valence-electron chi connectivity index (χ3n) is 3.68. The Hall–Kier alpha value is -1.88. The number of benzene rings is 1. The lowest BCUT2D eigenvalue weighted by Gasteiger charge is -2.21. The summed E-state index contributed by atoms with van der Waals surface area (Å²) in [6, 6.07) is 7.13. The van der Waals surface area contributed by atoms with Crippen molar-refractivity contribution in [1.82, 2.24) is 10.2 Å². The van der Waals surface area contributed by atoms with Crippen LogP contribution in [0.3, 0.4) is 0 Å². The summed E-state index contributed by atoms with van der Waals surface area (Å²) >= 11 is 0. The molecule has 24 heavy (non-hydrogen) atoms. The first kappa shape index (κ1) is 20.2. The molecule has 0 unspecified atom stereocenters. The predicted octanol–water partition coefficient (Wildman–Crippen LogP) is 3.28. The van der Waals surface area contributed by atoms with Gasteiger partial charge in [-0.3, -0.25) is 9.59 Å². The van der Waals surface area contributed by atoms with Crippen LogP contribution in [0.1, 0.15) is 56.8 Å². The van der Waals surface area contributed by atoms with Gasteiger partial charge in [0.15, 0.2) is 0 Å². The molecule has 2 amide bonds. The smallest absolute Gasteiger partial charge is 0.253 e. The Morgan fingerprint density at radius 1 is 0.958 bits per heavy atom. The molecule has 5 heteroatoms. The molecule has 1 aromatic rings. The zero-order chi connectivity index (χ0) is 17.8. The van der Waals surface area contributed by atoms with E-state index in [0.717, 1.165) is 45.3 Å². The van der Waals surface area contributed by atoms with Gasteiger partial charge in [0.05, 0.1) is 6.54 Å². The van der Waals surface area contributed by atoms with E-state index in [4.69, 9.17) is 0 Å². The second-order valence-electron chi connectivity index (χ2n) is 5.95. The van der Waals surface area contributed by atoms with Gasteiger partial charge in [-0.05, 0) is 50.1 Å². The van der Waals surface area contributed by atoms with Crippen molar-refractivity contribution in [2.24, 2.45) is 0 Å². The number of hydrogen-bond donors (Lipinski definition) is 2. The van der Waals surface area contributed by atoms with Gasteiger partial charge in [-0.1, -0.05) is 27.2 Å². The van der Waals surface area contributed by atoms with Crippen molar-refractivity contribution in [1.29, 1.82) is 0 Å². The van der Waals surface area contributed by atoms with Crippen LogP contribution in [0, 0.1) is 0 Å². The Kier molecular flexibility index (Phi) is 9.77. The van der Waals surface area contributed by atoms with Crippen LogP contribution in [-0.2, 0) is 4.79 Å². The third-order valence-corrected chi connectivity index (χ3v) is 3.68. The Balaban J connectivity index is 2.55. The maximum absolute atomic E-state index is 12.5.